The Morgan fingerprint density at radius 2 is 2.03 bits per heavy atom. The summed E-state index contributed by atoms with van der Waals surface area (Å²) in [4.78, 5) is 9.23. The van der Waals surface area contributed by atoms with E-state index in [0.717, 1.165) is 53.9 Å². The monoisotopic (exact) mass is 532 g/mol. The molecule has 0 unspecified atom stereocenters. The van der Waals surface area contributed by atoms with Crippen LogP contribution in [0.5, 0.6) is 5.75 Å². The molecule has 1 heterocycles. The first-order chi connectivity index (χ1) is 13.6. The molecule has 2 rings (SSSR count). The first kappa shape index (κ1) is 25.6. The molecule has 162 valence electrons. The summed E-state index contributed by atoms with van der Waals surface area (Å²) in [6, 6.07) is 6.26. The van der Waals surface area contributed by atoms with Crippen molar-refractivity contribution in [3.63, 3.8) is 0 Å². The fraction of sp³-hybridized carbons (Fsp3) is 0.524. The van der Waals surface area contributed by atoms with Crippen LogP contribution in [0.3, 0.4) is 0 Å². The van der Waals surface area contributed by atoms with E-state index in [1.54, 1.807) is 18.4 Å². The van der Waals surface area contributed by atoms with E-state index in [9.17, 15) is 0 Å². The molecule has 0 bridgehead atoms. The Morgan fingerprint density at radius 1 is 1.21 bits per heavy atom. The molecule has 0 aliphatic carbocycles. The lowest BCUT2D eigenvalue weighted by molar-refractivity contribution is 0.172. The molecule has 2 aromatic rings. The molecule has 0 aliphatic rings. The SMILES string of the molecule is CCNC(=NCc1ccc(C)cc1OCCCOC)NCCc1csc(C)n1.I. The number of hydrogen-bond acceptors (Lipinski definition) is 5. The average Bonchev–Trinajstić information content (AvgIpc) is 3.09. The van der Waals surface area contributed by atoms with Gasteiger partial charge in [-0.15, -0.1) is 35.3 Å². The fourth-order valence-electron chi connectivity index (χ4n) is 2.65. The molecule has 0 amide bonds. The predicted molar refractivity (Wildman–Crippen MR) is 132 cm³/mol. The summed E-state index contributed by atoms with van der Waals surface area (Å²) >= 11 is 1.69. The van der Waals surface area contributed by atoms with Gasteiger partial charge in [0.15, 0.2) is 5.96 Å². The Morgan fingerprint density at radius 3 is 2.72 bits per heavy atom. The number of rotatable bonds is 11. The zero-order valence-corrected chi connectivity index (χ0v) is 20.9. The van der Waals surface area contributed by atoms with Crippen LogP contribution >= 0.6 is 35.3 Å². The highest BCUT2D eigenvalue weighted by molar-refractivity contribution is 14.0. The van der Waals surface area contributed by atoms with Crippen LogP contribution in [0.4, 0.5) is 0 Å². The van der Waals surface area contributed by atoms with Crippen LogP contribution in [0.1, 0.15) is 35.2 Å². The second kappa shape index (κ2) is 14.6. The van der Waals surface area contributed by atoms with Gasteiger partial charge in [0.25, 0.3) is 0 Å². The number of nitrogens with one attached hydrogen (secondary N) is 2. The number of nitrogens with zero attached hydrogens (tertiary/aromatic N) is 2. The minimum absolute atomic E-state index is 0. The molecule has 0 spiro atoms. The minimum atomic E-state index is 0. The van der Waals surface area contributed by atoms with Crippen molar-refractivity contribution in [3.8, 4) is 5.75 Å². The Kier molecular flexibility index (Phi) is 12.9. The van der Waals surface area contributed by atoms with Gasteiger partial charge in [0.05, 0.1) is 23.9 Å². The topological polar surface area (TPSA) is 67.8 Å². The van der Waals surface area contributed by atoms with Gasteiger partial charge >= 0.3 is 0 Å². The highest BCUT2D eigenvalue weighted by atomic mass is 127. The van der Waals surface area contributed by atoms with Crippen LogP contribution in [-0.4, -0.2) is 44.4 Å². The van der Waals surface area contributed by atoms with Crippen LogP contribution in [-0.2, 0) is 17.7 Å². The molecule has 1 aromatic heterocycles. The third kappa shape index (κ3) is 9.77. The maximum atomic E-state index is 5.96. The Hall–Kier alpha value is -1.39. The van der Waals surface area contributed by atoms with Crippen LogP contribution in [0.25, 0.3) is 0 Å². The van der Waals surface area contributed by atoms with E-state index < -0.39 is 0 Å². The standard InChI is InChI=1S/C21H32N4O2S.HI/c1-5-22-21(23-10-9-19-15-28-17(3)25-19)24-14-18-8-7-16(2)13-20(18)27-12-6-11-26-4;/h7-8,13,15H,5-6,9-12,14H2,1-4H3,(H2,22,23,24);1H. The number of aromatic nitrogens is 1. The van der Waals surface area contributed by atoms with Crippen LogP contribution in [0.15, 0.2) is 28.6 Å². The summed E-state index contributed by atoms with van der Waals surface area (Å²) in [7, 11) is 1.71. The van der Waals surface area contributed by atoms with Gasteiger partial charge in [-0.05, 0) is 32.4 Å². The normalized spacial score (nSPS) is 11.1. The van der Waals surface area contributed by atoms with E-state index in [1.165, 1.54) is 5.56 Å². The lowest BCUT2D eigenvalue weighted by Crippen LogP contribution is -2.38. The molecule has 0 aliphatic heterocycles. The number of guanidine groups is 1. The second-order valence-corrected chi connectivity index (χ2v) is 7.60. The van der Waals surface area contributed by atoms with Crippen molar-refractivity contribution in [3.05, 3.63) is 45.4 Å². The van der Waals surface area contributed by atoms with E-state index in [4.69, 9.17) is 14.5 Å². The highest BCUT2D eigenvalue weighted by Gasteiger charge is 2.06. The van der Waals surface area contributed by atoms with Crippen molar-refractivity contribution in [2.24, 2.45) is 4.99 Å². The van der Waals surface area contributed by atoms with Gasteiger partial charge in [-0.2, -0.15) is 0 Å². The number of ether oxygens (including phenoxy) is 2. The van der Waals surface area contributed by atoms with Crippen LogP contribution in [0.2, 0.25) is 0 Å². The smallest absolute Gasteiger partial charge is 0.191 e. The number of thiazole rings is 1. The van der Waals surface area contributed by atoms with E-state index in [1.807, 2.05) is 6.92 Å². The molecular weight excluding hydrogens is 499 g/mol. The molecule has 2 N–H and O–H groups in total. The van der Waals surface area contributed by atoms with Crippen molar-refractivity contribution in [2.45, 2.75) is 40.2 Å². The number of methoxy groups -OCH3 is 1. The van der Waals surface area contributed by atoms with Gasteiger partial charge in [-0.25, -0.2) is 9.98 Å². The molecule has 6 nitrogen and oxygen atoms in total. The molecule has 8 heteroatoms. The van der Waals surface area contributed by atoms with Crippen molar-refractivity contribution < 1.29 is 9.47 Å². The largest absolute Gasteiger partial charge is 0.493 e. The summed E-state index contributed by atoms with van der Waals surface area (Å²) in [6.45, 7) is 9.68. The maximum Gasteiger partial charge on any atom is 0.191 e. The zero-order valence-electron chi connectivity index (χ0n) is 17.8. The van der Waals surface area contributed by atoms with Crippen LogP contribution in [0, 0.1) is 13.8 Å². The Balaban J connectivity index is 0.00000420. The number of aliphatic imine (C=N–C) groups is 1. The molecule has 0 radical (unpaired) electrons. The lowest BCUT2D eigenvalue weighted by Gasteiger charge is -2.13. The number of hydrogen-bond donors (Lipinski definition) is 2. The predicted octanol–water partition coefficient (Wildman–Crippen LogP) is 4.09. The van der Waals surface area contributed by atoms with Gasteiger partial charge in [-0.1, -0.05) is 12.1 Å². The summed E-state index contributed by atoms with van der Waals surface area (Å²) in [5, 5.41) is 9.90. The first-order valence-electron chi connectivity index (χ1n) is 9.76. The fourth-order valence-corrected chi connectivity index (χ4v) is 3.30. The lowest BCUT2D eigenvalue weighted by atomic mass is 10.1. The van der Waals surface area contributed by atoms with Crippen molar-refractivity contribution in [1.82, 2.24) is 15.6 Å². The molecule has 0 saturated heterocycles. The molecule has 29 heavy (non-hydrogen) atoms. The summed E-state index contributed by atoms with van der Waals surface area (Å²) in [5.74, 6) is 1.70. The van der Waals surface area contributed by atoms with Crippen molar-refractivity contribution in [1.29, 1.82) is 0 Å². The van der Waals surface area contributed by atoms with Gasteiger partial charge in [-0.3, -0.25) is 0 Å². The van der Waals surface area contributed by atoms with E-state index in [2.05, 4.69) is 53.0 Å². The number of benzene rings is 1. The second-order valence-electron chi connectivity index (χ2n) is 6.54. The van der Waals surface area contributed by atoms with Gasteiger partial charge in [0.1, 0.15) is 5.75 Å². The minimum Gasteiger partial charge on any atom is -0.493 e. The molecule has 0 fully saturated rings. The highest BCUT2D eigenvalue weighted by Crippen LogP contribution is 2.21. The van der Waals surface area contributed by atoms with Crippen LogP contribution < -0.4 is 15.4 Å². The molecular formula is C21H33IN4O2S. The third-order valence-electron chi connectivity index (χ3n) is 4.06. The number of halogens is 1. The van der Waals surface area contributed by atoms with Gasteiger partial charge in [0.2, 0.25) is 0 Å². The average molecular weight is 532 g/mol. The quantitative estimate of drug-likeness (QED) is 0.198. The van der Waals surface area contributed by atoms with Gasteiger partial charge < -0.3 is 20.1 Å². The van der Waals surface area contributed by atoms with Crippen molar-refractivity contribution >= 4 is 41.3 Å². The van der Waals surface area contributed by atoms with E-state index in [0.29, 0.717) is 19.8 Å². The Labute approximate surface area is 195 Å². The van der Waals surface area contributed by atoms with Gasteiger partial charge in [0, 0.05) is 50.6 Å². The Bertz CT molecular complexity index is 752. The third-order valence-corrected chi connectivity index (χ3v) is 4.89. The van der Waals surface area contributed by atoms with Crippen molar-refractivity contribution in [2.75, 3.05) is 33.4 Å². The summed E-state index contributed by atoms with van der Waals surface area (Å²) < 4.78 is 11.0. The van der Waals surface area contributed by atoms with E-state index >= 15 is 0 Å². The maximum absolute atomic E-state index is 5.96. The summed E-state index contributed by atoms with van der Waals surface area (Å²) in [5.41, 5.74) is 3.38. The molecule has 0 saturated carbocycles. The summed E-state index contributed by atoms with van der Waals surface area (Å²) in [6.07, 6.45) is 1.75. The first-order valence-corrected chi connectivity index (χ1v) is 10.6. The van der Waals surface area contributed by atoms with E-state index in [-0.39, 0.29) is 24.0 Å². The molecule has 1 aromatic carbocycles. The zero-order chi connectivity index (χ0) is 20.2. The number of aryl methyl sites for hydroxylation is 2. The molecule has 0 atom stereocenters.